The molecular formula is C27H31N. The molecule has 0 aliphatic carbocycles. The van der Waals surface area contributed by atoms with Crippen LogP contribution in [0.5, 0.6) is 0 Å². The Labute approximate surface area is 169 Å². The Bertz CT molecular complexity index is 1060. The van der Waals surface area contributed by atoms with Gasteiger partial charge in [0.05, 0.1) is 0 Å². The maximum atomic E-state index is 2.47. The highest BCUT2D eigenvalue weighted by Gasteiger charge is 2.21. The molecule has 0 saturated heterocycles. The Morgan fingerprint density at radius 3 is 1.46 bits per heavy atom. The fraction of sp³-hybridized carbons (Fsp3) is 0.333. The molecule has 0 saturated carbocycles. The van der Waals surface area contributed by atoms with Crippen molar-refractivity contribution in [3.05, 3.63) is 83.4 Å². The number of hydrogen-bond acceptors (Lipinski definition) is 0. The zero-order valence-electron chi connectivity index (χ0n) is 18.0. The molecule has 0 amide bonds. The van der Waals surface area contributed by atoms with Crippen LogP contribution in [0.3, 0.4) is 0 Å². The molecule has 0 aliphatic heterocycles. The van der Waals surface area contributed by atoms with Crippen LogP contribution in [0.1, 0.15) is 58.2 Å². The van der Waals surface area contributed by atoms with Crippen LogP contribution in [0.2, 0.25) is 0 Å². The van der Waals surface area contributed by atoms with E-state index in [1.165, 1.54) is 38.5 Å². The first-order chi connectivity index (χ1) is 13.1. The molecular weight excluding hydrogens is 338 g/mol. The maximum Gasteiger partial charge on any atom is 0.0494 e. The van der Waals surface area contributed by atoms with E-state index in [4.69, 9.17) is 0 Å². The van der Waals surface area contributed by atoms with Gasteiger partial charge in [0.25, 0.3) is 0 Å². The lowest BCUT2D eigenvalue weighted by molar-refractivity contribution is 0.566. The van der Waals surface area contributed by atoms with Gasteiger partial charge in [-0.2, -0.15) is 0 Å². The molecule has 1 heteroatoms. The molecule has 0 bridgehead atoms. The standard InChI is InChI=1S/C27H31N/c1-26(2,3)20-15-19(16-21(17-20)27(4,5)6)18-28-24-13-9-7-11-22(24)23-12-8-10-14-25(23)28/h7-17H,18H2,1-6H3. The second-order valence-electron chi connectivity index (χ2n) is 10.0. The molecule has 0 fully saturated rings. The normalized spacial score (nSPS) is 12.8. The minimum absolute atomic E-state index is 0.136. The van der Waals surface area contributed by atoms with E-state index in [9.17, 15) is 0 Å². The Kier molecular flexibility index (Phi) is 4.38. The van der Waals surface area contributed by atoms with E-state index >= 15 is 0 Å². The monoisotopic (exact) mass is 369 g/mol. The number of nitrogens with zero attached hydrogens (tertiary/aromatic N) is 1. The summed E-state index contributed by atoms with van der Waals surface area (Å²) < 4.78 is 2.47. The molecule has 0 N–H and O–H groups in total. The first-order valence-electron chi connectivity index (χ1n) is 10.3. The van der Waals surface area contributed by atoms with Crippen molar-refractivity contribution >= 4 is 21.8 Å². The van der Waals surface area contributed by atoms with E-state index in [1.54, 1.807) is 0 Å². The molecule has 0 aliphatic rings. The molecule has 0 spiro atoms. The molecule has 0 radical (unpaired) electrons. The highest BCUT2D eigenvalue weighted by Crippen LogP contribution is 2.33. The first kappa shape index (κ1) is 18.8. The minimum atomic E-state index is 0.136. The predicted octanol–water partition coefficient (Wildman–Crippen LogP) is 7.44. The van der Waals surface area contributed by atoms with Gasteiger partial charge >= 0.3 is 0 Å². The summed E-state index contributed by atoms with van der Waals surface area (Å²) in [5, 5.41) is 2.67. The topological polar surface area (TPSA) is 4.93 Å². The van der Waals surface area contributed by atoms with Crippen molar-refractivity contribution in [2.24, 2.45) is 0 Å². The van der Waals surface area contributed by atoms with E-state index in [0.29, 0.717) is 0 Å². The number of rotatable bonds is 2. The number of para-hydroxylation sites is 2. The number of benzene rings is 3. The van der Waals surface area contributed by atoms with E-state index in [2.05, 4.69) is 113 Å². The van der Waals surface area contributed by atoms with Crippen LogP contribution in [-0.2, 0) is 17.4 Å². The van der Waals surface area contributed by atoms with Gasteiger partial charge in [-0.1, -0.05) is 96.1 Å². The van der Waals surface area contributed by atoms with Crippen LogP contribution in [0, 0.1) is 0 Å². The highest BCUT2D eigenvalue weighted by atomic mass is 15.0. The lowest BCUT2D eigenvalue weighted by Gasteiger charge is -2.26. The molecule has 1 heterocycles. The quantitative estimate of drug-likeness (QED) is 0.346. The van der Waals surface area contributed by atoms with Crippen LogP contribution in [0.25, 0.3) is 21.8 Å². The van der Waals surface area contributed by atoms with E-state index < -0.39 is 0 Å². The van der Waals surface area contributed by atoms with Gasteiger partial charge in [-0.15, -0.1) is 0 Å². The lowest BCUT2D eigenvalue weighted by Crippen LogP contribution is -2.17. The van der Waals surface area contributed by atoms with Gasteiger partial charge in [0.15, 0.2) is 0 Å². The van der Waals surface area contributed by atoms with Gasteiger partial charge in [-0.05, 0) is 39.7 Å². The van der Waals surface area contributed by atoms with Gasteiger partial charge in [0.1, 0.15) is 0 Å². The summed E-state index contributed by atoms with van der Waals surface area (Å²) >= 11 is 0. The second-order valence-corrected chi connectivity index (χ2v) is 10.0. The molecule has 1 aromatic heterocycles. The first-order valence-corrected chi connectivity index (χ1v) is 10.3. The summed E-state index contributed by atoms with van der Waals surface area (Å²) in [5.41, 5.74) is 7.09. The molecule has 144 valence electrons. The summed E-state index contributed by atoms with van der Waals surface area (Å²) in [7, 11) is 0. The van der Waals surface area contributed by atoms with Crippen LogP contribution in [0.4, 0.5) is 0 Å². The van der Waals surface area contributed by atoms with Crippen molar-refractivity contribution in [3.8, 4) is 0 Å². The van der Waals surface area contributed by atoms with Gasteiger partial charge in [-0.3, -0.25) is 0 Å². The van der Waals surface area contributed by atoms with Crippen molar-refractivity contribution in [3.63, 3.8) is 0 Å². The van der Waals surface area contributed by atoms with Gasteiger partial charge < -0.3 is 4.57 Å². The van der Waals surface area contributed by atoms with Crippen molar-refractivity contribution < 1.29 is 0 Å². The average Bonchev–Trinajstić information content (AvgIpc) is 2.95. The molecule has 4 aromatic rings. The molecule has 0 unspecified atom stereocenters. The minimum Gasteiger partial charge on any atom is -0.336 e. The summed E-state index contributed by atoms with van der Waals surface area (Å²) in [6, 6.07) is 24.7. The largest absolute Gasteiger partial charge is 0.336 e. The fourth-order valence-electron chi connectivity index (χ4n) is 4.01. The lowest BCUT2D eigenvalue weighted by atomic mass is 9.79. The summed E-state index contributed by atoms with van der Waals surface area (Å²) in [6.07, 6.45) is 0. The zero-order chi connectivity index (χ0) is 20.1. The Morgan fingerprint density at radius 2 is 1.04 bits per heavy atom. The molecule has 28 heavy (non-hydrogen) atoms. The van der Waals surface area contributed by atoms with Gasteiger partial charge in [0, 0.05) is 28.4 Å². The van der Waals surface area contributed by atoms with E-state index in [0.717, 1.165) is 6.54 Å². The SMILES string of the molecule is CC(C)(C)c1cc(Cn2c3ccccc3c3ccccc32)cc(C(C)(C)C)c1. The predicted molar refractivity (Wildman–Crippen MR) is 122 cm³/mol. The van der Waals surface area contributed by atoms with Gasteiger partial charge in [0.2, 0.25) is 0 Å². The van der Waals surface area contributed by atoms with Crippen molar-refractivity contribution in [2.75, 3.05) is 0 Å². The Hall–Kier alpha value is -2.54. The smallest absolute Gasteiger partial charge is 0.0494 e. The van der Waals surface area contributed by atoms with Crippen LogP contribution >= 0.6 is 0 Å². The summed E-state index contributed by atoms with van der Waals surface area (Å²) in [5.74, 6) is 0. The maximum absolute atomic E-state index is 2.47. The van der Waals surface area contributed by atoms with E-state index in [1.807, 2.05) is 0 Å². The van der Waals surface area contributed by atoms with Crippen molar-refractivity contribution in [2.45, 2.75) is 58.9 Å². The van der Waals surface area contributed by atoms with E-state index in [-0.39, 0.29) is 10.8 Å². The third kappa shape index (κ3) is 3.35. The fourth-order valence-corrected chi connectivity index (χ4v) is 4.01. The molecule has 4 rings (SSSR count). The number of hydrogen-bond donors (Lipinski definition) is 0. The van der Waals surface area contributed by atoms with Crippen molar-refractivity contribution in [1.82, 2.24) is 4.57 Å². The summed E-state index contributed by atoms with van der Waals surface area (Å²) in [6.45, 7) is 14.7. The third-order valence-electron chi connectivity index (χ3n) is 5.75. The Morgan fingerprint density at radius 1 is 0.607 bits per heavy atom. The molecule has 3 aromatic carbocycles. The van der Waals surface area contributed by atoms with Crippen LogP contribution < -0.4 is 0 Å². The number of aromatic nitrogens is 1. The molecule has 0 atom stereocenters. The molecule has 1 nitrogen and oxygen atoms in total. The second kappa shape index (κ2) is 6.51. The Balaban J connectivity index is 1.92. The zero-order valence-corrected chi connectivity index (χ0v) is 18.0. The van der Waals surface area contributed by atoms with Crippen LogP contribution in [-0.4, -0.2) is 4.57 Å². The highest BCUT2D eigenvalue weighted by molar-refractivity contribution is 6.08. The van der Waals surface area contributed by atoms with Gasteiger partial charge in [-0.25, -0.2) is 0 Å². The third-order valence-corrected chi connectivity index (χ3v) is 5.75. The average molecular weight is 370 g/mol. The van der Waals surface area contributed by atoms with Crippen LogP contribution in [0.15, 0.2) is 66.7 Å². The van der Waals surface area contributed by atoms with Crippen molar-refractivity contribution in [1.29, 1.82) is 0 Å². The number of fused-ring (bicyclic) bond motifs is 3. The summed E-state index contributed by atoms with van der Waals surface area (Å²) in [4.78, 5) is 0.